The molecule has 3 N–H and O–H groups in total. The molecule has 0 aliphatic carbocycles. The zero-order valence-electron chi connectivity index (χ0n) is 18.3. The number of ether oxygens (including phenoxy) is 1. The summed E-state index contributed by atoms with van der Waals surface area (Å²) in [5.74, 6) is -1.37. The molecule has 0 spiro atoms. The Hall–Kier alpha value is -3.30. The molecule has 34 heavy (non-hydrogen) atoms. The Bertz CT molecular complexity index is 1220. The zero-order chi connectivity index (χ0) is 24.1. The van der Waals surface area contributed by atoms with Crippen molar-refractivity contribution in [2.45, 2.75) is 19.3 Å². The van der Waals surface area contributed by atoms with Crippen LogP contribution in [0.2, 0.25) is 5.02 Å². The Morgan fingerprint density at radius 2 is 2.15 bits per heavy atom. The molecule has 1 aromatic heterocycles. The molecule has 1 saturated heterocycles. The molecule has 10 heteroatoms. The van der Waals surface area contributed by atoms with Crippen LogP contribution < -0.4 is 20.7 Å². The number of piperidine rings is 1. The Morgan fingerprint density at radius 1 is 1.29 bits per heavy atom. The van der Waals surface area contributed by atoms with Crippen molar-refractivity contribution in [2.75, 3.05) is 30.3 Å². The first-order valence-electron chi connectivity index (χ1n) is 10.9. The average molecular weight is 488 g/mol. The van der Waals surface area contributed by atoms with Gasteiger partial charge < -0.3 is 20.7 Å². The third-order valence-corrected chi connectivity index (χ3v) is 5.89. The quantitative estimate of drug-likeness (QED) is 0.371. The highest BCUT2D eigenvalue weighted by Crippen LogP contribution is 2.34. The molecule has 1 unspecified atom stereocenters. The summed E-state index contributed by atoms with van der Waals surface area (Å²) in [5.41, 5.74) is 1.31. The van der Waals surface area contributed by atoms with Crippen molar-refractivity contribution in [3.05, 3.63) is 59.9 Å². The van der Waals surface area contributed by atoms with E-state index in [4.69, 9.17) is 16.3 Å². The molecule has 1 atom stereocenters. The SMILES string of the molecule is C=C(F)C(=O)Nc1cc2c(Nc3ccc(F)c(Cl)c3)ncnc2cc1OCCC1CCCNC1. The number of benzene rings is 2. The molecule has 1 aliphatic heterocycles. The smallest absolute Gasteiger partial charge is 0.283 e. The van der Waals surface area contributed by atoms with Gasteiger partial charge in [-0.1, -0.05) is 18.2 Å². The lowest BCUT2D eigenvalue weighted by Crippen LogP contribution is -2.30. The fourth-order valence-corrected chi connectivity index (χ4v) is 3.99. The summed E-state index contributed by atoms with van der Waals surface area (Å²) in [6, 6.07) is 7.44. The summed E-state index contributed by atoms with van der Waals surface area (Å²) in [6.45, 7) is 5.46. The minimum Gasteiger partial charge on any atom is -0.491 e. The molecular formula is C24H24ClF2N5O2. The molecule has 2 heterocycles. The van der Waals surface area contributed by atoms with Gasteiger partial charge in [-0.25, -0.2) is 18.7 Å². The van der Waals surface area contributed by atoms with Crippen LogP contribution in [0.1, 0.15) is 19.3 Å². The van der Waals surface area contributed by atoms with Gasteiger partial charge >= 0.3 is 0 Å². The van der Waals surface area contributed by atoms with Gasteiger partial charge in [-0.3, -0.25) is 4.79 Å². The summed E-state index contributed by atoms with van der Waals surface area (Å²) < 4.78 is 32.9. The van der Waals surface area contributed by atoms with Gasteiger partial charge in [0.15, 0.2) is 5.83 Å². The predicted octanol–water partition coefficient (Wildman–Crippen LogP) is 5.36. The average Bonchev–Trinajstić information content (AvgIpc) is 2.82. The first-order chi connectivity index (χ1) is 16.4. The molecule has 1 fully saturated rings. The monoisotopic (exact) mass is 487 g/mol. The van der Waals surface area contributed by atoms with Crippen LogP contribution in [0.5, 0.6) is 5.75 Å². The van der Waals surface area contributed by atoms with Crippen molar-refractivity contribution in [3.8, 4) is 5.75 Å². The van der Waals surface area contributed by atoms with Gasteiger partial charge in [-0.2, -0.15) is 0 Å². The van der Waals surface area contributed by atoms with E-state index >= 15 is 0 Å². The molecule has 4 rings (SSSR count). The summed E-state index contributed by atoms with van der Waals surface area (Å²) in [7, 11) is 0. The largest absolute Gasteiger partial charge is 0.491 e. The van der Waals surface area contributed by atoms with Gasteiger partial charge in [-0.15, -0.1) is 0 Å². The lowest BCUT2D eigenvalue weighted by molar-refractivity contribution is -0.114. The second-order valence-electron chi connectivity index (χ2n) is 8.05. The van der Waals surface area contributed by atoms with Gasteiger partial charge in [0.05, 0.1) is 22.8 Å². The first-order valence-corrected chi connectivity index (χ1v) is 11.3. The second kappa shape index (κ2) is 10.8. The first kappa shape index (κ1) is 23.8. The van der Waals surface area contributed by atoms with Crippen molar-refractivity contribution >= 4 is 45.6 Å². The number of halogens is 3. The lowest BCUT2D eigenvalue weighted by Gasteiger charge is -2.23. The summed E-state index contributed by atoms with van der Waals surface area (Å²) in [4.78, 5) is 20.6. The van der Waals surface area contributed by atoms with Crippen LogP contribution in [0.4, 0.5) is 26.0 Å². The zero-order valence-corrected chi connectivity index (χ0v) is 19.1. The Morgan fingerprint density at radius 3 is 2.88 bits per heavy atom. The third-order valence-electron chi connectivity index (χ3n) is 5.60. The van der Waals surface area contributed by atoms with E-state index in [1.807, 2.05) is 0 Å². The standard InChI is InChI=1S/C24H24ClF2N5O2/c1-14(26)24(33)32-21-10-17-20(11-22(21)34-8-6-15-3-2-7-28-12-15)29-13-30-23(17)31-16-4-5-19(27)18(25)9-16/h4-5,9-11,13,15,28H,1-3,6-8,12H2,(H,32,33)(H,29,30,31). The van der Waals surface area contributed by atoms with E-state index in [1.54, 1.807) is 12.1 Å². The highest BCUT2D eigenvalue weighted by Gasteiger charge is 2.17. The highest BCUT2D eigenvalue weighted by atomic mass is 35.5. The number of amides is 1. The lowest BCUT2D eigenvalue weighted by atomic mass is 9.97. The van der Waals surface area contributed by atoms with E-state index in [-0.39, 0.29) is 10.7 Å². The molecule has 1 amide bonds. The van der Waals surface area contributed by atoms with E-state index in [1.165, 1.54) is 24.5 Å². The fourth-order valence-electron chi connectivity index (χ4n) is 3.81. The van der Waals surface area contributed by atoms with Gasteiger partial charge in [0, 0.05) is 17.1 Å². The van der Waals surface area contributed by atoms with Crippen molar-refractivity contribution in [3.63, 3.8) is 0 Å². The molecule has 0 saturated carbocycles. The van der Waals surface area contributed by atoms with E-state index in [0.717, 1.165) is 32.4 Å². The summed E-state index contributed by atoms with van der Waals surface area (Å²) in [5, 5.41) is 9.43. The molecule has 0 bridgehead atoms. The van der Waals surface area contributed by atoms with Crippen LogP contribution in [0.3, 0.4) is 0 Å². The summed E-state index contributed by atoms with van der Waals surface area (Å²) in [6.07, 6.45) is 4.48. The van der Waals surface area contributed by atoms with Crippen LogP contribution in [-0.2, 0) is 4.79 Å². The van der Waals surface area contributed by atoms with Gasteiger partial charge in [-0.05, 0) is 62.5 Å². The number of hydrogen-bond acceptors (Lipinski definition) is 6. The molecule has 178 valence electrons. The number of rotatable bonds is 8. The number of carbonyl (C=O) groups excluding carboxylic acids is 1. The number of nitrogens with zero attached hydrogens (tertiary/aromatic N) is 2. The normalized spacial score (nSPS) is 15.7. The van der Waals surface area contributed by atoms with Gasteiger partial charge in [0.1, 0.15) is 23.7 Å². The number of anilines is 3. The summed E-state index contributed by atoms with van der Waals surface area (Å²) >= 11 is 5.88. The maximum atomic E-state index is 13.5. The van der Waals surface area contributed by atoms with Gasteiger partial charge in [0.2, 0.25) is 0 Å². The molecule has 2 aromatic carbocycles. The predicted molar refractivity (Wildman–Crippen MR) is 129 cm³/mol. The maximum Gasteiger partial charge on any atom is 0.283 e. The number of fused-ring (bicyclic) bond motifs is 1. The van der Waals surface area contributed by atoms with E-state index in [0.29, 0.717) is 40.7 Å². The molecule has 1 aliphatic rings. The van der Waals surface area contributed by atoms with Crippen LogP contribution >= 0.6 is 11.6 Å². The van der Waals surface area contributed by atoms with Crippen LogP contribution in [0, 0.1) is 11.7 Å². The maximum absolute atomic E-state index is 13.5. The molecule has 0 radical (unpaired) electrons. The topological polar surface area (TPSA) is 88.2 Å². The Balaban J connectivity index is 1.63. The molecular weight excluding hydrogens is 464 g/mol. The minimum atomic E-state index is -1.12. The second-order valence-corrected chi connectivity index (χ2v) is 8.46. The van der Waals surface area contributed by atoms with E-state index in [2.05, 4.69) is 32.5 Å². The number of aromatic nitrogens is 2. The van der Waals surface area contributed by atoms with Crippen molar-refractivity contribution < 1.29 is 18.3 Å². The number of nitrogens with one attached hydrogen (secondary N) is 3. The Labute approximate surface area is 200 Å². The highest BCUT2D eigenvalue weighted by molar-refractivity contribution is 6.31. The molecule has 7 nitrogen and oxygen atoms in total. The van der Waals surface area contributed by atoms with Crippen LogP contribution in [-0.4, -0.2) is 35.6 Å². The Kier molecular flexibility index (Phi) is 7.54. The van der Waals surface area contributed by atoms with Gasteiger partial charge in [0.25, 0.3) is 5.91 Å². The number of hydrogen-bond donors (Lipinski definition) is 3. The third kappa shape index (κ3) is 5.78. The van der Waals surface area contributed by atoms with E-state index < -0.39 is 17.6 Å². The number of carbonyl (C=O) groups is 1. The van der Waals surface area contributed by atoms with Crippen molar-refractivity contribution in [1.29, 1.82) is 0 Å². The van der Waals surface area contributed by atoms with Crippen molar-refractivity contribution in [2.24, 2.45) is 5.92 Å². The van der Waals surface area contributed by atoms with Crippen molar-refractivity contribution in [1.82, 2.24) is 15.3 Å². The van der Waals surface area contributed by atoms with Crippen LogP contribution in [0.15, 0.2) is 49.1 Å². The fraction of sp³-hybridized carbons (Fsp3) is 0.292. The van der Waals surface area contributed by atoms with E-state index in [9.17, 15) is 13.6 Å². The molecule has 3 aromatic rings. The van der Waals surface area contributed by atoms with Crippen LogP contribution in [0.25, 0.3) is 10.9 Å². The minimum absolute atomic E-state index is 0.0402.